The first-order valence-corrected chi connectivity index (χ1v) is 6.95. The van der Waals surface area contributed by atoms with Gasteiger partial charge in [0.25, 0.3) is 0 Å². The van der Waals surface area contributed by atoms with E-state index >= 15 is 0 Å². The maximum absolute atomic E-state index is 9.98. The third-order valence-corrected chi connectivity index (χ3v) is 3.50. The van der Waals surface area contributed by atoms with Crippen LogP contribution in [0.25, 0.3) is 33.4 Å². The number of nitrogens with zero attached hydrogens (tertiary/aromatic N) is 5. The Bertz CT molecular complexity index is 961. The fourth-order valence-corrected chi connectivity index (χ4v) is 2.61. The van der Waals surface area contributed by atoms with Crippen molar-refractivity contribution in [3.8, 4) is 0 Å². The van der Waals surface area contributed by atoms with Crippen molar-refractivity contribution in [1.82, 2.24) is 24.8 Å². The largest absolute Gasteiger partial charge is 0.366 e. The molecule has 0 spiro atoms. The van der Waals surface area contributed by atoms with Gasteiger partial charge in [0, 0.05) is 12.0 Å². The fourth-order valence-electron chi connectivity index (χ4n) is 2.61. The molecule has 1 atom stereocenters. The van der Waals surface area contributed by atoms with Crippen LogP contribution in [0.4, 0.5) is 0 Å². The molecule has 3 aromatic heterocycles. The van der Waals surface area contributed by atoms with Crippen molar-refractivity contribution in [3.05, 3.63) is 24.3 Å². The van der Waals surface area contributed by atoms with Gasteiger partial charge < -0.3 is 14.4 Å². The summed E-state index contributed by atoms with van der Waals surface area (Å²) in [5, 5.41) is 18.4. The number of ether oxygens (including phenoxy) is 1. The van der Waals surface area contributed by atoms with Crippen LogP contribution in [0.2, 0.25) is 0 Å². The molecule has 0 amide bonds. The lowest BCUT2D eigenvalue weighted by Gasteiger charge is -2.12. The van der Waals surface area contributed by atoms with E-state index in [4.69, 9.17) is 4.74 Å². The first-order valence-electron chi connectivity index (χ1n) is 6.95. The Morgan fingerprint density at radius 1 is 1.23 bits per heavy atom. The highest BCUT2D eigenvalue weighted by Crippen LogP contribution is 2.27. The summed E-state index contributed by atoms with van der Waals surface area (Å²) in [5.74, 6) is 0. The van der Waals surface area contributed by atoms with Crippen LogP contribution in [-0.4, -0.2) is 42.9 Å². The molecular weight excluding hydrogens is 286 g/mol. The molecule has 0 saturated heterocycles. The van der Waals surface area contributed by atoms with Crippen molar-refractivity contribution in [2.45, 2.75) is 19.8 Å². The minimum atomic E-state index is -0.920. The van der Waals surface area contributed by atoms with Crippen molar-refractivity contribution >= 4 is 33.4 Å². The molecule has 0 aliphatic heterocycles. The number of hydrogen-bond donors (Lipinski definition) is 1. The summed E-state index contributed by atoms with van der Waals surface area (Å²) < 4.78 is 11.8. The Hall–Kier alpha value is -2.58. The topological polar surface area (TPSA) is 99.1 Å². The Balaban J connectivity index is 2.01. The Morgan fingerprint density at radius 3 is 2.82 bits per heavy atom. The summed E-state index contributed by atoms with van der Waals surface area (Å²) in [5.41, 5.74) is 2.93. The van der Waals surface area contributed by atoms with Crippen LogP contribution >= 0.6 is 0 Å². The van der Waals surface area contributed by atoms with E-state index in [1.54, 1.807) is 0 Å². The average molecular weight is 299 g/mol. The minimum Gasteiger partial charge on any atom is -0.366 e. The van der Waals surface area contributed by atoms with E-state index in [-0.39, 0.29) is 6.54 Å². The monoisotopic (exact) mass is 299 g/mol. The summed E-state index contributed by atoms with van der Waals surface area (Å²) in [6.07, 6.45) is -0.920. The Labute approximate surface area is 124 Å². The lowest BCUT2D eigenvalue weighted by Crippen LogP contribution is -2.19. The van der Waals surface area contributed by atoms with Gasteiger partial charge in [-0.2, -0.15) is 0 Å². The Morgan fingerprint density at radius 2 is 2.00 bits per heavy atom. The summed E-state index contributed by atoms with van der Waals surface area (Å²) >= 11 is 0. The first-order chi connectivity index (χ1) is 10.8. The molecule has 3 heterocycles. The van der Waals surface area contributed by atoms with E-state index in [0.29, 0.717) is 29.1 Å². The second-order valence-corrected chi connectivity index (χ2v) is 4.85. The van der Waals surface area contributed by atoms with Crippen molar-refractivity contribution < 1.29 is 14.5 Å². The van der Waals surface area contributed by atoms with Gasteiger partial charge in [-0.25, -0.2) is 14.6 Å². The highest BCUT2D eigenvalue weighted by molar-refractivity contribution is 6.05. The van der Waals surface area contributed by atoms with Gasteiger partial charge in [0.1, 0.15) is 5.52 Å². The first kappa shape index (κ1) is 13.1. The van der Waals surface area contributed by atoms with Crippen molar-refractivity contribution in [2.75, 3.05) is 6.61 Å². The second kappa shape index (κ2) is 5.00. The SMILES string of the molecule is CCOC(O)Cn1c2ccccc2c2nc3nonc3nc21. The molecule has 0 saturated carbocycles. The molecule has 1 unspecified atom stereocenters. The number of benzene rings is 1. The number of aliphatic hydroxyl groups excluding tert-OH is 1. The Kier molecular flexibility index (Phi) is 2.98. The van der Waals surface area contributed by atoms with Crippen LogP contribution < -0.4 is 0 Å². The summed E-state index contributed by atoms with van der Waals surface area (Å²) in [4.78, 5) is 8.92. The third-order valence-electron chi connectivity index (χ3n) is 3.50. The maximum Gasteiger partial charge on any atom is 0.245 e. The predicted octanol–water partition coefficient (Wildman–Crippen LogP) is 1.48. The number of fused-ring (bicyclic) bond motifs is 4. The summed E-state index contributed by atoms with van der Waals surface area (Å²) in [7, 11) is 0. The van der Waals surface area contributed by atoms with Gasteiger partial charge in [-0.15, -0.1) is 0 Å². The predicted molar refractivity (Wildman–Crippen MR) is 78.0 cm³/mol. The zero-order valence-electron chi connectivity index (χ0n) is 11.8. The average Bonchev–Trinajstić information content (AvgIpc) is 3.09. The van der Waals surface area contributed by atoms with Crippen LogP contribution in [0.1, 0.15) is 6.92 Å². The summed E-state index contributed by atoms with van der Waals surface area (Å²) in [6.45, 7) is 2.52. The van der Waals surface area contributed by atoms with Crippen molar-refractivity contribution in [3.63, 3.8) is 0 Å². The molecule has 4 aromatic rings. The van der Waals surface area contributed by atoms with Gasteiger partial charge >= 0.3 is 0 Å². The molecule has 0 aliphatic carbocycles. The fraction of sp³-hybridized carbons (Fsp3) is 0.286. The standard InChI is InChI=1S/C14H13N5O3/c1-2-21-10(20)7-19-9-6-4-3-5-8(9)11-14(19)16-13-12(15-11)17-22-18-13/h3-6,10,20H,2,7H2,1H3. The lowest BCUT2D eigenvalue weighted by molar-refractivity contribution is -0.102. The number of rotatable bonds is 4. The number of aliphatic hydroxyl groups is 1. The molecule has 8 heteroatoms. The van der Waals surface area contributed by atoms with E-state index in [1.807, 2.05) is 35.8 Å². The van der Waals surface area contributed by atoms with E-state index in [0.717, 1.165) is 10.9 Å². The minimum absolute atomic E-state index is 0.253. The van der Waals surface area contributed by atoms with Gasteiger partial charge in [-0.3, -0.25) is 0 Å². The number of aromatic nitrogens is 5. The van der Waals surface area contributed by atoms with Crippen LogP contribution in [0.3, 0.4) is 0 Å². The molecule has 112 valence electrons. The molecule has 22 heavy (non-hydrogen) atoms. The molecule has 4 rings (SSSR count). The number of hydrogen-bond acceptors (Lipinski definition) is 7. The number of para-hydroxylation sites is 1. The molecule has 8 nitrogen and oxygen atoms in total. The second-order valence-electron chi connectivity index (χ2n) is 4.85. The van der Waals surface area contributed by atoms with Crippen molar-refractivity contribution in [1.29, 1.82) is 0 Å². The van der Waals surface area contributed by atoms with Gasteiger partial charge in [-0.1, -0.05) is 18.2 Å². The molecule has 0 bridgehead atoms. The molecule has 0 radical (unpaired) electrons. The molecule has 0 fully saturated rings. The van der Waals surface area contributed by atoms with Crippen LogP contribution in [-0.2, 0) is 11.3 Å². The quantitative estimate of drug-likeness (QED) is 0.570. The molecule has 1 aromatic carbocycles. The van der Waals surface area contributed by atoms with Crippen molar-refractivity contribution in [2.24, 2.45) is 0 Å². The maximum atomic E-state index is 9.98. The molecular formula is C14H13N5O3. The van der Waals surface area contributed by atoms with Gasteiger partial charge in [0.2, 0.25) is 11.3 Å². The molecule has 0 aliphatic rings. The van der Waals surface area contributed by atoms with E-state index in [1.165, 1.54) is 0 Å². The van der Waals surface area contributed by atoms with E-state index in [9.17, 15) is 5.11 Å². The van der Waals surface area contributed by atoms with Crippen LogP contribution in [0.15, 0.2) is 28.9 Å². The van der Waals surface area contributed by atoms with E-state index in [2.05, 4.69) is 24.9 Å². The van der Waals surface area contributed by atoms with E-state index < -0.39 is 6.29 Å². The van der Waals surface area contributed by atoms with Gasteiger partial charge in [0.15, 0.2) is 11.9 Å². The molecule has 1 N–H and O–H groups in total. The van der Waals surface area contributed by atoms with Crippen LogP contribution in [0.5, 0.6) is 0 Å². The normalized spacial score (nSPS) is 13.4. The smallest absolute Gasteiger partial charge is 0.245 e. The summed E-state index contributed by atoms with van der Waals surface area (Å²) in [6, 6.07) is 7.76. The lowest BCUT2D eigenvalue weighted by atomic mass is 10.2. The van der Waals surface area contributed by atoms with Gasteiger partial charge in [-0.05, 0) is 23.3 Å². The zero-order chi connectivity index (χ0) is 15.1. The third kappa shape index (κ3) is 1.92. The zero-order valence-corrected chi connectivity index (χ0v) is 11.8. The highest BCUT2D eigenvalue weighted by Gasteiger charge is 2.18. The highest BCUT2D eigenvalue weighted by atomic mass is 16.6. The van der Waals surface area contributed by atoms with Gasteiger partial charge in [0.05, 0.1) is 12.1 Å². The van der Waals surface area contributed by atoms with Crippen LogP contribution in [0, 0.1) is 0 Å².